The van der Waals surface area contributed by atoms with Gasteiger partial charge in [-0.05, 0) is 48.2 Å². The fourth-order valence-electron chi connectivity index (χ4n) is 6.28. The number of nitrogens with one attached hydrogen (secondary N) is 6. The molecule has 258 valence electrons. The van der Waals surface area contributed by atoms with E-state index < -0.39 is 54.0 Å². The van der Waals surface area contributed by atoms with Crippen molar-refractivity contribution in [2.24, 2.45) is 5.73 Å². The second kappa shape index (κ2) is 14.7. The Kier molecular flexibility index (Phi) is 9.97. The van der Waals surface area contributed by atoms with E-state index in [9.17, 15) is 29.4 Å². The van der Waals surface area contributed by atoms with Gasteiger partial charge in [0.2, 0.25) is 17.7 Å². The first-order chi connectivity index (χ1) is 24.1. The van der Waals surface area contributed by atoms with Crippen molar-refractivity contribution in [3.63, 3.8) is 0 Å². The van der Waals surface area contributed by atoms with Gasteiger partial charge in [0.25, 0.3) is 0 Å². The molecule has 13 nitrogen and oxygen atoms in total. The number of H-pyrrole nitrogens is 3. The minimum Gasteiger partial charge on any atom is -0.480 e. The van der Waals surface area contributed by atoms with Crippen LogP contribution in [-0.2, 0) is 38.4 Å². The summed E-state index contributed by atoms with van der Waals surface area (Å²) in [4.78, 5) is 62.5. The van der Waals surface area contributed by atoms with Crippen LogP contribution in [0.25, 0.3) is 32.7 Å². The summed E-state index contributed by atoms with van der Waals surface area (Å²) >= 11 is 0. The molecule has 5 atom stereocenters. The van der Waals surface area contributed by atoms with Gasteiger partial charge in [0.15, 0.2) is 0 Å². The third-order valence-electron chi connectivity index (χ3n) is 8.96. The Bertz CT molecular complexity index is 2170. The minimum absolute atomic E-state index is 0.0356. The van der Waals surface area contributed by atoms with E-state index in [2.05, 4.69) is 30.9 Å². The van der Waals surface area contributed by atoms with E-state index in [-0.39, 0.29) is 19.3 Å². The van der Waals surface area contributed by atoms with Crippen LogP contribution in [0.2, 0.25) is 0 Å². The van der Waals surface area contributed by atoms with Gasteiger partial charge in [0, 0.05) is 64.1 Å². The quantitative estimate of drug-likeness (QED) is 0.0838. The van der Waals surface area contributed by atoms with E-state index in [0.29, 0.717) is 5.56 Å². The summed E-state index contributed by atoms with van der Waals surface area (Å²) in [6.07, 6.45) is 4.00. The maximum absolute atomic E-state index is 13.9. The third kappa shape index (κ3) is 7.38. The SMILES string of the molecule is CC(O)C(NC(=O)C(Cc1c[nH]c2ccccc12)NC(=O)C(N)Cc1c[nH]c2ccccc12)C(=O)NC(Cc1c[nH]c2ccccc12)C(=O)O. The average molecular weight is 678 g/mol. The number of fused-ring (bicyclic) bond motifs is 3. The van der Waals surface area contributed by atoms with Gasteiger partial charge in [-0.2, -0.15) is 0 Å². The molecule has 6 rings (SSSR count). The summed E-state index contributed by atoms with van der Waals surface area (Å²) in [5.74, 6) is -3.52. The number of aromatic nitrogens is 3. The lowest BCUT2D eigenvalue weighted by Crippen LogP contribution is -2.60. The fraction of sp³-hybridized carbons (Fsp3) is 0.243. The fourth-order valence-corrected chi connectivity index (χ4v) is 6.28. The van der Waals surface area contributed by atoms with Crippen LogP contribution in [0.4, 0.5) is 0 Å². The van der Waals surface area contributed by atoms with E-state index >= 15 is 0 Å². The molecule has 0 aliphatic heterocycles. The third-order valence-corrected chi connectivity index (χ3v) is 8.96. The predicted molar refractivity (Wildman–Crippen MR) is 189 cm³/mol. The smallest absolute Gasteiger partial charge is 0.326 e. The highest BCUT2D eigenvalue weighted by Crippen LogP contribution is 2.22. The molecule has 3 aromatic carbocycles. The second-order valence-electron chi connectivity index (χ2n) is 12.5. The number of nitrogens with two attached hydrogens (primary N) is 1. The van der Waals surface area contributed by atoms with Crippen LogP contribution in [-0.4, -0.2) is 79.1 Å². The summed E-state index contributed by atoms with van der Waals surface area (Å²) < 4.78 is 0. The highest BCUT2D eigenvalue weighted by atomic mass is 16.4. The van der Waals surface area contributed by atoms with Crippen molar-refractivity contribution in [2.45, 2.75) is 56.5 Å². The summed E-state index contributed by atoms with van der Waals surface area (Å²) in [5, 5.41) is 31.0. The van der Waals surface area contributed by atoms with Crippen molar-refractivity contribution in [3.8, 4) is 0 Å². The number of rotatable bonds is 14. The van der Waals surface area contributed by atoms with Crippen molar-refractivity contribution in [1.82, 2.24) is 30.9 Å². The molecule has 3 aromatic heterocycles. The Morgan fingerprint density at radius 3 is 1.50 bits per heavy atom. The van der Waals surface area contributed by atoms with Gasteiger partial charge in [0.05, 0.1) is 12.1 Å². The van der Waals surface area contributed by atoms with E-state index in [1.54, 1.807) is 18.6 Å². The molecule has 50 heavy (non-hydrogen) atoms. The molecule has 0 spiro atoms. The van der Waals surface area contributed by atoms with Crippen molar-refractivity contribution >= 4 is 56.4 Å². The van der Waals surface area contributed by atoms with Crippen LogP contribution >= 0.6 is 0 Å². The van der Waals surface area contributed by atoms with Crippen molar-refractivity contribution in [2.75, 3.05) is 0 Å². The van der Waals surface area contributed by atoms with Crippen LogP contribution in [0, 0.1) is 0 Å². The molecule has 0 bridgehead atoms. The number of carbonyl (C=O) groups is 4. The Morgan fingerprint density at radius 1 is 0.620 bits per heavy atom. The highest BCUT2D eigenvalue weighted by molar-refractivity contribution is 5.96. The van der Waals surface area contributed by atoms with Gasteiger partial charge < -0.3 is 46.8 Å². The highest BCUT2D eigenvalue weighted by Gasteiger charge is 2.33. The number of amides is 3. The first kappa shape index (κ1) is 34.0. The zero-order valence-corrected chi connectivity index (χ0v) is 27.3. The Labute approximate surface area is 286 Å². The molecule has 3 amide bonds. The lowest BCUT2D eigenvalue weighted by molar-refractivity contribution is -0.143. The largest absolute Gasteiger partial charge is 0.480 e. The van der Waals surface area contributed by atoms with Crippen LogP contribution in [0.15, 0.2) is 91.4 Å². The van der Waals surface area contributed by atoms with Gasteiger partial charge in [-0.25, -0.2) is 4.79 Å². The van der Waals surface area contributed by atoms with Crippen LogP contribution in [0.1, 0.15) is 23.6 Å². The normalized spacial score (nSPS) is 14.5. The van der Waals surface area contributed by atoms with Crippen LogP contribution in [0.5, 0.6) is 0 Å². The predicted octanol–water partition coefficient (Wildman–Crippen LogP) is 2.41. The standard InChI is InChI=1S/C37H39N7O6/c1-20(45)33(36(48)43-32(37(49)50)16-23-19-41-30-13-7-4-10-26(23)30)44-35(47)31(15-22-18-40-29-12-6-3-9-25(22)29)42-34(46)27(38)14-21-17-39-28-11-5-2-8-24(21)28/h2-13,17-20,27,31-33,39-41,45H,14-16,38H2,1H3,(H,42,46)(H,43,48)(H,44,47)(H,49,50). The lowest BCUT2D eigenvalue weighted by Gasteiger charge is -2.26. The lowest BCUT2D eigenvalue weighted by atomic mass is 10.0. The molecule has 5 unspecified atom stereocenters. The number of carboxylic acids is 1. The number of hydrogen-bond acceptors (Lipinski definition) is 6. The van der Waals surface area contributed by atoms with Gasteiger partial charge in [-0.15, -0.1) is 0 Å². The minimum atomic E-state index is -1.53. The first-order valence-corrected chi connectivity index (χ1v) is 16.3. The number of aromatic amines is 3. The van der Waals surface area contributed by atoms with Gasteiger partial charge in [0.1, 0.15) is 18.1 Å². The number of benzene rings is 3. The molecule has 0 saturated heterocycles. The maximum Gasteiger partial charge on any atom is 0.326 e. The zero-order chi connectivity index (χ0) is 35.4. The molecule has 0 aliphatic rings. The van der Waals surface area contributed by atoms with Crippen molar-refractivity contribution in [1.29, 1.82) is 0 Å². The summed E-state index contributed by atoms with van der Waals surface area (Å²) in [7, 11) is 0. The van der Waals surface area contributed by atoms with E-state index in [1.165, 1.54) is 6.92 Å². The summed E-state index contributed by atoms with van der Waals surface area (Å²) in [5.41, 5.74) is 11.2. The molecule has 0 aliphatic carbocycles. The van der Waals surface area contributed by atoms with E-state index in [1.807, 2.05) is 72.8 Å². The first-order valence-electron chi connectivity index (χ1n) is 16.3. The molecular weight excluding hydrogens is 638 g/mol. The van der Waals surface area contributed by atoms with Gasteiger partial charge >= 0.3 is 5.97 Å². The number of aliphatic carboxylic acids is 1. The maximum atomic E-state index is 13.9. The molecule has 0 fully saturated rings. The van der Waals surface area contributed by atoms with Gasteiger partial charge in [-0.1, -0.05) is 54.6 Å². The monoisotopic (exact) mass is 677 g/mol. The zero-order valence-electron chi connectivity index (χ0n) is 27.3. The Hall–Kier alpha value is -5.92. The Balaban J connectivity index is 1.19. The number of carboxylic acid groups (broad SMARTS) is 1. The van der Waals surface area contributed by atoms with E-state index in [0.717, 1.165) is 43.8 Å². The summed E-state index contributed by atoms with van der Waals surface area (Å²) in [6, 6.07) is 17.4. The van der Waals surface area contributed by atoms with Crippen molar-refractivity contribution in [3.05, 3.63) is 108 Å². The average Bonchev–Trinajstić information content (AvgIpc) is 3.83. The number of aliphatic hydroxyl groups is 1. The second-order valence-corrected chi connectivity index (χ2v) is 12.5. The summed E-state index contributed by atoms with van der Waals surface area (Å²) in [6.45, 7) is 1.31. The number of aliphatic hydroxyl groups excluding tert-OH is 1. The number of hydrogen-bond donors (Lipinski definition) is 9. The molecule has 10 N–H and O–H groups in total. The van der Waals surface area contributed by atoms with E-state index in [4.69, 9.17) is 5.73 Å². The number of carbonyl (C=O) groups excluding carboxylic acids is 3. The Morgan fingerprint density at radius 2 is 1.04 bits per heavy atom. The van der Waals surface area contributed by atoms with Crippen LogP contribution in [0.3, 0.4) is 0 Å². The number of para-hydroxylation sites is 3. The molecular formula is C37H39N7O6. The van der Waals surface area contributed by atoms with Crippen LogP contribution < -0.4 is 21.7 Å². The molecule has 3 heterocycles. The van der Waals surface area contributed by atoms with Crippen molar-refractivity contribution < 1.29 is 29.4 Å². The molecule has 6 aromatic rings. The topological polar surface area (TPSA) is 218 Å². The molecule has 0 radical (unpaired) electrons. The molecule has 13 heteroatoms. The van der Waals surface area contributed by atoms with Gasteiger partial charge in [-0.3, -0.25) is 14.4 Å². The molecule has 0 saturated carbocycles.